The van der Waals surface area contributed by atoms with E-state index in [1.54, 1.807) is 12.2 Å². The van der Waals surface area contributed by atoms with E-state index in [4.69, 9.17) is 20.9 Å². The Morgan fingerprint density at radius 2 is 1.48 bits per heavy atom. The van der Waals surface area contributed by atoms with Crippen LogP contribution >= 0.6 is 0 Å². The van der Waals surface area contributed by atoms with Crippen molar-refractivity contribution in [1.82, 2.24) is 4.90 Å². The third kappa shape index (κ3) is 5.75. The van der Waals surface area contributed by atoms with Gasteiger partial charge in [-0.05, 0) is 18.9 Å². The number of hydrogen-bond acceptors (Lipinski definition) is 6. The summed E-state index contributed by atoms with van der Waals surface area (Å²) < 4.78 is 11.2. The first-order chi connectivity index (χ1) is 15.2. The molecule has 6 heteroatoms. The van der Waals surface area contributed by atoms with Crippen LogP contribution in [0.5, 0.6) is 0 Å². The molecule has 2 aliphatic rings. The van der Waals surface area contributed by atoms with Crippen molar-refractivity contribution in [1.29, 1.82) is 0 Å². The lowest BCUT2D eigenvalue weighted by molar-refractivity contribution is -0.0818. The Morgan fingerprint density at radius 1 is 0.903 bits per heavy atom. The second-order valence-electron chi connectivity index (χ2n) is 7.90. The molecule has 2 fully saturated rings. The zero-order chi connectivity index (χ0) is 21.5. The predicted molar refractivity (Wildman–Crippen MR) is 123 cm³/mol. The summed E-state index contributed by atoms with van der Waals surface area (Å²) in [5, 5.41) is 0. The van der Waals surface area contributed by atoms with Crippen molar-refractivity contribution < 1.29 is 9.47 Å². The fourth-order valence-electron chi connectivity index (χ4n) is 3.85. The lowest BCUT2D eigenvalue weighted by atomic mass is 10.0. The van der Waals surface area contributed by atoms with Gasteiger partial charge < -0.3 is 20.9 Å². The first-order valence-corrected chi connectivity index (χ1v) is 10.8. The van der Waals surface area contributed by atoms with Crippen LogP contribution in [0.25, 0.3) is 0 Å². The van der Waals surface area contributed by atoms with E-state index in [1.807, 2.05) is 60.7 Å². The summed E-state index contributed by atoms with van der Waals surface area (Å²) in [7, 11) is 0. The first kappa shape index (κ1) is 21.2. The van der Waals surface area contributed by atoms with Gasteiger partial charge in [0.25, 0.3) is 0 Å². The molecule has 0 amide bonds. The Morgan fingerprint density at radius 3 is 2.00 bits per heavy atom. The van der Waals surface area contributed by atoms with Gasteiger partial charge in [0.1, 0.15) is 11.9 Å². The van der Waals surface area contributed by atoms with E-state index in [0.29, 0.717) is 17.7 Å². The van der Waals surface area contributed by atoms with E-state index >= 15 is 0 Å². The van der Waals surface area contributed by atoms with Crippen LogP contribution in [0, 0.1) is 0 Å². The molecule has 0 saturated carbocycles. The molecule has 4 rings (SSSR count). The van der Waals surface area contributed by atoms with Crippen LogP contribution < -0.4 is 11.5 Å². The molecule has 2 aromatic carbocycles. The highest BCUT2D eigenvalue weighted by Crippen LogP contribution is 2.20. The number of nitrogens with two attached hydrogens (primary N) is 2. The molecule has 2 aliphatic heterocycles. The maximum absolute atomic E-state index is 6.20. The molecular formula is C25H30N4O2. The average Bonchev–Trinajstić information content (AvgIpc) is 2.77. The van der Waals surface area contributed by atoms with Crippen molar-refractivity contribution in [2.45, 2.75) is 25.0 Å². The molecule has 0 aliphatic carbocycles. The highest BCUT2D eigenvalue weighted by Gasteiger charge is 2.30. The molecule has 0 unspecified atom stereocenters. The number of hydrogen-bond donors (Lipinski definition) is 2. The molecule has 2 heterocycles. The number of benzene rings is 2. The van der Waals surface area contributed by atoms with E-state index < -0.39 is 0 Å². The Hall–Kier alpha value is -3.09. The van der Waals surface area contributed by atoms with Gasteiger partial charge in [0.15, 0.2) is 5.88 Å². The van der Waals surface area contributed by atoms with E-state index in [0.717, 1.165) is 56.0 Å². The molecule has 162 valence electrons. The highest BCUT2D eigenvalue weighted by atomic mass is 16.5. The number of nitrogens with zero attached hydrogens (tertiary/aromatic N) is 2. The van der Waals surface area contributed by atoms with Crippen LogP contribution in [-0.4, -0.2) is 49.1 Å². The minimum absolute atomic E-state index is 0.135. The van der Waals surface area contributed by atoms with Crippen LogP contribution in [0.3, 0.4) is 0 Å². The van der Waals surface area contributed by atoms with Crippen molar-refractivity contribution >= 4 is 5.71 Å². The van der Waals surface area contributed by atoms with E-state index in [9.17, 15) is 0 Å². The SMILES string of the molecule is N/C(=C\C=C(/N)OC1CCN(C2COC2)CC1)N=C(c1ccccc1)c1ccccc1. The summed E-state index contributed by atoms with van der Waals surface area (Å²) in [6.45, 7) is 3.75. The summed E-state index contributed by atoms with van der Waals surface area (Å²) in [5.74, 6) is 0.735. The van der Waals surface area contributed by atoms with Gasteiger partial charge in [-0.2, -0.15) is 0 Å². The van der Waals surface area contributed by atoms with E-state index in [1.165, 1.54) is 0 Å². The summed E-state index contributed by atoms with van der Waals surface area (Å²) in [6.07, 6.45) is 5.46. The quantitative estimate of drug-likeness (QED) is 0.410. The van der Waals surface area contributed by atoms with Crippen LogP contribution in [0.15, 0.2) is 89.5 Å². The fourth-order valence-corrected chi connectivity index (χ4v) is 3.85. The van der Waals surface area contributed by atoms with Crippen molar-refractivity contribution in [3.63, 3.8) is 0 Å². The molecule has 6 nitrogen and oxygen atoms in total. The fraction of sp³-hybridized carbons (Fsp3) is 0.320. The molecule has 4 N–H and O–H groups in total. The molecular weight excluding hydrogens is 388 g/mol. The van der Waals surface area contributed by atoms with Gasteiger partial charge in [0.05, 0.1) is 25.0 Å². The average molecular weight is 419 g/mol. The number of rotatable bonds is 7. The Kier molecular flexibility index (Phi) is 7.02. The molecule has 31 heavy (non-hydrogen) atoms. The monoisotopic (exact) mass is 418 g/mol. The summed E-state index contributed by atoms with van der Waals surface area (Å²) >= 11 is 0. The largest absolute Gasteiger partial charge is 0.476 e. The lowest BCUT2D eigenvalue weighted by Gasteiger charge is -2.41. The summed E-state index contributed by atoms with van der Waals surface area (Å²) in [6, 6.07) is 20.6. The maximum Gasteiger partial charge on any atom is 0.184 e. The van der Waals surface area contributed by atoms with Crippen molar-refractivity contribution in [3.05, 3.63) is 95.6 Å². The Balaban J connectivity index is 1.41. The van der Waals surface area contributed by atoms with Crippen LogP contribution in [0.2, 0.25) is 0 Å². The molecule has 2 saturated heterocycles. The molecule has 0 aromatic heterocycles. The smallest absolute Gasteiger partial charge is 0.184 e. The Bertz CT molecular complexity index is 887. The first-order valence-electron chi connectivity index (χ1n) is 10.8. The van der Waals surface area contributed by atoms with Gasteiger partial charge in [-0.15, -0.1) is 0 Å². The topological polar surface area (TPSA) is 86.1 Å². The maximum atomic E-state index is 6.20. The summed E-state index contributed by atoms with van der Waals surface area (Å²) in [5.41, 5.74) is 15.1. The molecule has 2 aromatic rings. The van der Waals surface area contributed by atoms with Gasteiger partial charge >= 0.3 is 0 Å². The van der Waals surface area contributed by atoms with Crippen LogP contribution in [0.1, 0.15) is 24.0 Å². The van der Waals surface area contributed by atoms with Crippen LogP contribution in [0.4, 0.5) is 0 Å². The predicted octanol–water partition coefficient (Wildman–Crippen LogP) is 3.00. The number of ether oxygens (including phenoxy) is 2. The molecule has 0 bridgehead atoms. The Labute approximate surface area is 183 Å². The minimum atomic E-state index is 0.135. The number of likely N-dealkylation sites (tertiary alicyclic amines) is 1. The van der Waals surface area contributed by atoms with Crippen LogP contribution in [-0.2, 0) is 9.47 Å². The van der Waals surface area contributed by atoms with Crippen molar-refractivity contribution in [3.8, 4) is 0 Å². The van der Waals surface area contributed by atoms with E-state index in [2.05, 4.69) is 9.89 Å². The van der Waals surface area contributed by atoms with Gasteiger partial charge in [0, 0.05) is 30.3 Å². The number of allylic oxidation sites excluding steroid dienone is 2. The third-order valence-electron chi connectivity index (χ3n) is 5.67. The van der Waals surface area contributed by atoms with Crippen molar-refractivity contribution in [2.24, 2.45) is 16.5 Å². The second-order valence-corrected chi connectivity index (χ2v) is 7.90. The lowest BCUT2D eigenvalue weighted by Crippen LogP contribution is -2.52. The third-order valence-corrected chi connectivity index (χ3v) is 5.67. The zero-order valence-corrected chi connectivity index (χ0v) is 17.7. The van der Waals surface area contributed by atoms with Gasteiger partial charge in [-0.3, -0.25) is 4.90 Å². The zero-order valence-electron chi connectivity index (χ0n) is 17.7. The molecule has 0 atom stereocenters. The molecule has 0 spiro atoms. The van der Waals surface area contributed by atoms with Gasteiger partial charge in [-0.25, -0.2) is 4.99 Å². The number of aliphatic imine (C=N–C) groups is 1. The summed E-state index contributed by atoms with van der Waals surface area (Å²) in [4.78, 5) is 7.14. The van der Waals surface area contributed by atoms with Gasteiger partial charge in [0.2, 0.25) is 0 Å². The normalized spacial score (nSPS) is 19.0. The molecule has 0 radical (unpaired) electrons. The second kappa shape index (κ2) is 10.3. The van der Waals surface area contributed by atoms with Gasteiger partial charge in [-0.1, -0.05) is 60.7 Å². The standard InChI is InChI=1S/C25H30N4O2/c26-23(28-25(19-7-3-1-4-8-19)20-9-5-2-6-10-20)11-12-24(27)31-22-13-15-29(16-14-22)21-17-30-18-21/h1-12,21-22H,13-18,26-27H2/b23-11+,24-12+. The highest BCUT2D eigenvalue weighted by molar-refractivity contribution is 6.13. The minimum Gasteiger partial charge on any atom is -0.476 e. The number of piperidine rings is 1. The van der Waals surface area contributed by atoms with E-state index in [-0.39, 0.29) is 6.10 Å². The van der Waals surface area contributed by atoms with Crippen molar-refractivity contribution in [2.75, 3.05) is 26.3 Å².